The maximum Gasteiger partial charge on any atom is 0.147 e. The van der Waals surface area contributed by atoms with Crippen molar-refractivity contribution < 1.29 is 4.42 Å². The number of hydrogen-bond acceptors (Lipinski definition) is 3. The first kappa shape index (κ1) is 11.7. The van der Waals surface area contributed by atoms with Crippen LogP contribution >= 0.6 is 11.6 Å². The van der Waals surface area contributed by atoms with E-state index in [1.807, 2.05) is 44.2 Å². The van der Waals surface area contributed by atoms with E-state index >= 15 is 0 Å². The Hall–Kier alpha value is -1.74. The van der Waals surface area contributed by atoms with Crippen molar-refractivity contribution >= 4 is 23.5 Å². The van der Waals surface area contributed by atoms with E-state index in [-0.39, 0.29) is 0 Å². The molecule has 0 amide bonds. The van der Waals surface area contributed by atoms with Gasteiger partial charge < -0.3 is 4.42 Å². The lowest BCUT2D eigenvalue weighted by molar-refractivity contribution is 0.528. The Bertz CT molecular complexity index is 546. The summed E-state index contributed by atoms with van der Waals surface area (Å²) in [6, 6.07) is 9.46. The summed E-state index contributed by atoms with van der Waals surface area (Å²) in [5.41, 5.74) is 4.79. The average Bonchev–Trinajstić information content (AvgIpc) is 2.70. The number of benzene rings is 1. The lowest BCUT2D eigenvalue weighted by Crippen LogP contribution is -1.90. The minimum atomic E-state index is 0.716. The first-order chi connectivity index (χ1) is 8.15. The van der Waals surface area contributed by atoms with E-state index in [4.69, 9.17) is 16.0 Å². The quantitative estimate of drug-likeness (QED) is 0.659. The molecule has 4 heteroatoms. The summed E-state index contributed by atoms with van der Waals surface area (Å²) in [5, 5.41) is 4.79. The van der Waals surface area contributed by atoms with Gasteiger partial charge in [0.25, 0.3) is 0 Å². The Balaban J connectivity index is 2.02. The summed E-state index contributed by atoms with van der Waals surface area (Å²) in [6.45, 7) is 3.85. The molecule has 0 aliphatic carbocycles. The molecule has 17 heavy (non-hydrogen) atoms. The van der Waals surface area contributed by atoms with Crippen molar-refractivity contribution in [1.29, 1.82) is 0 Å². The minimum absolute atomic E-state index is 0.716. The van der Waals surface area contributed by atoms with E-state index in [0.29, 0.717) is 5.76 Å². The second kappa shape index (κ2) is 5.06. The van der Waals surface area contributed by atoms with E-state index in [0.717, 1.165) is 22.0 Å². The van der Waals surface area contributed by atoms with Crippen molar-refractivity contribution in [2.45, 2.75) is 13.8 Å². The number of rotatable bonds is 3. The van der Waals surface area contributed by atoms with Crippen molar-refractivity contribution in [3.05, 3.63) is 52.4 Å². The van der Waals surface area contributed by atoms with Gasteiger partial charge in [-0.25, -0.2) is 0 Å². The number of nitrogens with one attached hydrogen (secondary N) is 1. The van der Waals surface area contributed by atoms with Crippen LogP contribution in [-0.2, 0) is 0 Å². The zero-order valence-electron chi connectivity index (χ0n) is 9.70. The molecule has 88 valence electrons. The number of hydrogen-bond donors (Lipinski definition) is 1. The molecule has 0 aliphatic rings. The highest BCUT2D eigenvalue weighted by molar-refractivity contribution is 6.31. The van der Waals surface area contributed by atoms with Crippen molar-refractivity contribution in [1.82, 2.24) is 0 Å². The second-order valence-electron chi connectivity index (χ2n) is 3.78. The van der Waals surface area contributed by atoms with Crippen LogP contribution in [0.15, 0.2) is 39.9 Å². The molecular formula is C13H13ClN2O. The van der Waals surface area contributed by atoms with Gasteiger partial charge in [0.2, 0.25) is 0 Å². The largest absolute Gasteiger partial charge is 0.460 e. The van der Waals surface area contributed by atoms with E-state index in [1.54, 1.807) is 6.21 Å². The molecule has 0 bridgehead atoms. The highest BCUT2D eigenvalue weighted by Crippen LogP contribution is 2.19. The van der Waals surface area contributed by atoms with Crippen LogP contribution in [-0.4, -0.2) is 6.21 Å². The Kier molecular flexibility index (Phi) is 3.49. The summed E-state index contributed by atoms with van der Waals surface area (Å²) in [4.78, 5) is 0. The Morgan fingerprint density at radius 3 is 2.71 bits per heavy atom. The summed E-state index contributed by atoms with van der Waals surface area (Å²) in [7, 11) is 0. The van der Waals surface area contributed by atoms with Gasteiger partial charge in [0.1, 0.15) is 11.5 Å². The third-order valence-electron chi connectivity index (χ3n) is 2.32. The predicted octanol–water partition coefficient (Wildman–Crippen LogP) is 4.00. The van der Waals surface area contributed by atoms with Crippen LogP contribution in [0.25, 0.3) is 0 Å². The summed E-state index contributed by atoms with van der Waals surface area (Å²) < 4.78 is 5.35. The Morgan fingerprint density at radius 1 is 1.24 bits per heavy atom. The number of halogens is 1. The van der Waals surface area contributed by atoms with Crippen LogP contribution in [0.4, 0.5) is 5.69 Å². The molecule has 3 nitrogen and oxygen atoms in total. The van der Waals surface area contributed by atoms with Gasteiger partial charge in [-0.05, 0) is 43.7 Å². The summed E-state index contributed by atoms with van der Waals surface area (Å²) in [5.74, 6) is 1.58. The molecule has 2 aromatic rings. The van der Waals surface area contributed by atoms with Crippen molar-refractivity contribution in [2.75, 3.05) is 5.43 Å². The van der Waals surface area contributed by atoms with Crippen molar-refractivity contribution in [3.8, 4) is 0 Å². The van der Waals surface area contributed by atoms with Crippen LogP contribution in [0.2, 0.25) is 5.02 Å². The number of nitrogens with zero attached hydrogens (tertiary/aromatic N) is 1. The Labute approximate surface area is 105 Å². The van der Waals surface area contributed by atoms with E-state index in [2.05, 4.69) is 10.5 Å². The molecule has 1 aromatic heterocycles. The lowest BCUT2D eigenvalue weighted by Gasteiger charge is -2.02. The molecule has 1 aromatic carbocycles. The monoisotopic (exact) mass is 248 g/mol. The second-order valence-corrected chi connectivity index (χ2v) is 4.19. The van der Waals surface area contributed by atoms with Gasteiger partial charge in [-0.15, -0.1) is 0 Å². The lowest BCUT2D eigenvalue weighted by atomic mass is 10.2. The molecule has 0 spiro atoms. The normalized spacial score (nSPS) is 11.0. The molecular weight excluding hydrogens is 236 g/mol. The maximum atomic E-state index is 6.00. The van der Waals surface area contributed by atoms with Gasteiger partial charge in [-0.1, -0.05) is 17.7 Å². The molecule has 0 saturated carbocycles. The van der Waals surface area contributed by atoms with Crippen LogP contribution in [0.5, 0.6) is 0 Å². The van der Waals surface area contributed by atoms with Crippen molar-refractivity contribution in [3.63, 3.8) is 0 Å². The van der Waals surface area contributed by atoms with Gasteiger partial charge in [0.15, 0.2) is 0 Å². The smallest absolute Gasteiger partial charge is 0.147 e. The highest BCUT2D eigenvalue weighted by Gasteiger charge is 1.96. The van der Waals surface area contributed by atoms with E-state index < -0.39 is 0 Å². The van der Waals surface area contributed by atoms with Crippen LogP contribution < -0.4 is 5.43 Å². The topological polar surface area (TPSA) is 37.5 Å². The maximum absolute atomic E-state index is 6.00. The fraction of sp³-hybridized carbons (Fsp3) is 0.154. The zero-order valence-corrected chi connectivity index (χ0v) is 10.5. The molecule has 0 saturated heterocycles. The molecule has 1 N–H and O–H groups in total. The standard InChI is InChI=1S/C13H13ClN2O/c1-9-3-5-11(7-13(9)14)16-15-8-12-6-4-10(2)17-12/h3-8,16H,1-2H3/b15-8-. The van der Waals surface area contributed by atoms with Crippen molar-refractivity contribution in [2.24, 2.45) is 5.10 Å². The number of furan rings is 1. The van der Waals surface area contributed by atoms with Gasteiger partial charge in [0.05, 0.1) is 11.9 Å². The van der Waals surface area contributed by atoms with Gasteiger partial charge >= 0.3 is 0 Å². The highest BCUT2D eigenvalue weighted by atomic mass is 35.5. The number of hydrazone groups is 1. The van der Waals surface area contributed by atoms with Gasteiger partial charge in [0, 0.05) is 5.02 Å². The fourth-order valence-corrected chi connectivity index (χ4v) is 1.54. The molecule has 0 fully saturated rings. The first-order valence-electron chi connectivity index (χ1n) is 5.27. The van der Waals surface area contributed by atoms with E-state index in [9.17, 15) is 0 Å². The third kappa shape index (κ3) is 3.11. The number of anilines is 1. The minimum Gasteiger partial charge on any atom is -0.460 e. The molecule has 0 atom stereocenters. The summed E-state index contributed by atoms with van der Waals surface area (Å²) >= 11 is 6.00. The number of aryl methyl sites for hydroxylation is 2. The summed E-state index contributed by atoms with van der Waals surface area (Å²) in [6.07, 6.45) is 1.63. The predicted molar refractivity (Wildman–Crippen MR) is 70.9 cm³/mol. The average molecular weight is 249 g/mol. The Morgan fingerprint density at radius 2 is 2.06 bits per heavy atom. The van der Waals surface area contributed by atoms with Crippen LogP contribution in [0, 0.1) is 13.8 Å². The molecule has 1 heterocycles. The third-order valence-corrected chi connectivity index (χ3v) is 2.73. The SMILES string of the molecule is Cc1ccc(/C=N\Nc2ccc(C)c(Cl)c2)o1. The molecule has 0 aliphatic heterocycles. The van der Waals surface area contributed by atoms with Crippen LogP contribution in [0.3, 0.4) is 0 Å². The van der Waals surface area contributed by atoms with Gasteiger partial charge in [-0.2, -0.15) is 5.10 Å². The molecule has 0 radical (unpaired) electrons. The molecule has 0 unspecified atom stereocenters. The van der Waals surface area contributed by atoms with Crippen LogP contribution in [0.1, 0.15) is 17.1 Å². The molecule has 2 rings (SSSR count). The first-order valence-corrected chi connectivity index (χ1v) is 5.64. The van der Waals surface area contributed by atoms with E-state index in [1.165, 1.54) is 0 Å². The van der Waals surface area contributed by atoms with Gasteiger partial charge in [-0.3, -0.25) is 5.43 Å². The fourth-order valence-electron chi connectivity index (χ4n) is 1.36. The zero-order chi connectivity index (χ0) is 12.3.